The van der Waals surface area contributed by atoms with E-state index >= 15 is 0 Å². The van der Waals surface area contributed by atoms with Crippen LogP contribution in [0.25, 0.3) is 0 Å². The number of carboxylic acid groups (broad SMARTS) is 1. The van der Waals surface area contributed by atoms with Crippen molar-refractivity contribution in [2.24, 2.45) is 0 Å². The molecule has 0 bridgehead atoms. The lowest BCUT2D eigenvalue weighted by atomic mass is 10.0. The monoisotopic (exact) mass is 471 g/mol. The van der Waals surface area contributed by atoms with Gasteiger partial charge in [0.15, 0.2) is 12.4 Å². The second-order valence-electron chi connectivity index (χ2n) is 5.19. The van der Waals surface area contributed by atoms with Crippen molar-refractivity contribution in [1.82, 2.24) is 0 Å². The largest absolute Gasteiger partial charge is 0.504 e. The number of aliphatic hydroxyl groups excluding tert-OH is 1. The Balaban J connectivity index is 2.36. The van der Waals surface area contributed by atoms with Crippen LogP contribution in [0.5, 0.6) is 5.75 Å². The molecule has 9 heteroatoms. The van der Waals surface area contributed by atoms with Gasteiger partial charge in [-0.15, -0.1) is 0 Å². The van der Waals surface area contributed by atoms with Crippen LogP contribution in [0.3, 0.4) is 0 Å². The molecule has 3 N–H and O–H groups in total. The van der Waals surface area contributed by atoms with Crippen molar-refractivity contribution in [1.29, 1.82) is 5.41 Å². The van der Waals surface area contributed by atoms with E-state index in [4.69, 9.17) is 38.5 Å². The van der Waals surface area contributed by atoms with Crippen molar-refractivity contribution in [3.63, 3.8) is 0 Å². The van der Waals surface area contributed by atoms with Crippen LogP contribution >= 0.6 is 39.1 Å². The number of allylic oxidation sites excluding steroid dienone is 2. The molecule has 0 spiro atoms. The molecule has 0 atom stereocenters. The molecule has 0 aliphatic heterocycles. The van der Waals surface area contributed by atoms with E-state index in [0.717, 1.165) is 6.08 Å². The van der Waals surface area contributed by atoms with E-state index < -0.39 is 24.1 Å². The third-order valence-corrected chi connectivity index (χ3v) is 4.41. The van der Waals surface area contributed by atoms with Crippen LogP contribution in [-0.2, 0) is 4.79 Å². The van der Waals surface area contributed by atoms with Gasteiger partial charge >= 0.3 is 5.97 Å². The Bertz CT molecular complexity index is 939. The van der Waals surface area contributed by atoms with E-state index in [1.54, 1.807) is 12.1 Å². The summed E-state index contributed by atoms with van der Waals surface area (Å²) in [5.41, 5.74) is -0.173. The van der Waals surface area contributed by atoms with Gasteiger partial charge in [0.25, 0.3) is 0 Å². The van der Waals surface area contributed by atoms with Gasteiger partial charge in [-0.2, -0.15) is 0 Å². The number of Topliss-reactive ketones (excluding diaryl/α,β-unsaturated/α-hetero) is 1. The smallest absolute Gasteiger partial charge is 0.341 e. The lowest BCUT2D eigenvalue weighted by molar-refractivity contribution is -0.139. The average molecular weight is 473 g/mol. The molecule has 0 aliphatic carbocycles. The zero-order valence-electron chi connectivity index (χ0n) is 13.5. The highest BCUT2D eigenvalue weighted by Crippen LogP contribution is 2.27. The number of hydrogen-bond acceptors (Lipinski definition) is 5. The topological polar surface area (TPSA) is 108 Å². The third kappa shape index (κ3) is 5.32. The Morgan fingerprint density at radius 3 is 2.37 bits per heavy atom. The Morgan fingerprint density at radius 1 is 1.15 bits per heavy atom. The summed E-state index contributed by atoms with van der Waals surface area (Å²) in [6, 6.07) is 8.97. The molecular weight excluding hydrogens is 461 g/mol. The van der Waals surface area contributed by atoms with Crippen LogP contribution in [-0.4, -0.2) is 34.3 Å². The van der Waals surface area contributed by atoms with Gasteiger partial charge in [0, 0.05) is 16.1 Å². The number of hydrogen-bond donors (Lipinski definition) is 3. The summed E-state index contributed by atoms with van der Waals surface area (Å²) in [5.74, 6) is -2.85. The molecule has 0 radical (unpaired) electrons. The summed E-state index contributed by atoms with van der Waals surface area (Å²) in [7, 11) is 0. The van der Waals surface area contributed by atoms with Gasteiger partial charge < -0.3 is 20.4 Å². The summed E-state index contributed by atoms with van der Waals surface area (Å²) in [6.07, 6.45) is 0.914. The summed E-state index contributed by atoms with van der Waals surface area (Å²) >= 11 is 15.2. The van der Waals surface area contributed by atoms with Crippen molar-refractivity contribution in [3.8, 4) is 5.75 Å². The van der Waals surface area contributed by atoms with Crippen molar-refractivity contribution in [3.05, 3.63) is 73.9 Å². The Kier molecular flexibility index (Phi) is 7.01. The fourth-order valence-electron chi connectivity index (χ4n) is 2.11. The van der Waals surface area contributed by atoms with Gasteiger partial charge in [-0.1, -0.05) is 45.2 Å². The van der Waals surface area contributed by atoms with Gasteiger partial charge in [0.1, 0.15) is 5.75 Å². The quantitative estimate of drug-likeness (QED) is 0.229. The number of benzene rings is 2. The molecule has 0 aromatic heterocycles. The fourth-order valence-corrected chi connectivity index (χ4v) is 3.07. The molecule has 0 saturated carbocycles. The summed E-state index contributed by atoms with van der Waals surface area (Å²) in [4.78, 5) is 23.3. The zero-order valence-corrected chi connectivity index (χ0v) is 16.6. The molecule has 0 fully saturated rings. The van der Waals surface area contributed by atoms with Gasteiger partial charge in [-0.05, 0) is 30.3 Å². The minimum atomic E-state index is -1.22. The van der Waals surface area contributed by atoms with Gasteiger partial charge in [0.05, 0.1) is 21.3 Å². The standard InChI is InChI=1S/C18H12BrCl2NO5/c19-9-4-5-15(27-8-16(24)25)10(6-9)18(26)14(23)7-13(22)17-11(20)2-1-3-12(17)21/h1-7,22-23H,8H2,(H,24,25)/b14-7-,22-13?. The maximum atomic E-state index is 12.6. The Hall–Kier alpha value is -2.35. The van der Waals surface area contributed by atoms with E-state index in [-0.39, 0.29) is 32.6 Å². The lowest BCUT2D eigenvalue weighted by Crippen LogP contribution is -2.13. The number of aliphatic carboxylic acids is 1. The molecule has 2 aromatic rings. The molecule has 0 saturated heterocycles. The number of ketones is 1. The molecule has 0 aliphatic rings. The molecule has 27 heavy (non-hydrogen) atoms. The second-order valence-corrected chi connectivity index (χ2v) is 6.92. The minimum absolute atomic E-state index is 0.0205. The van der Waals surface area contributed by atoms with E-state index in [1.165, 1.54) is 24.3 Å². The number of rotatable bonds is 7. The predicted octanol–water partition coefficient (Wildman–Crippen LogP) is 4.91. The fraction of sp³-hybridized carbons (Fsp3) is 0.0556. The Labute approximate surface area is 172 Å². The van der Waals surface area contributed by atoms with Crippen molar-refractivity contribution in [2.45, 2.75) is 0 Å². The predicted molar refractivity (Wildman–Crippen MR) is 106 cm³/mol. The molecule has 140 valence electrons. The molecular formula is C18H12BrCl2NO5. The minimum Gasteiger partial charge on any atom is -0.504 e. The highest BCUT2D eigenvalue weighted by molar-refractivity contribution is 9.10. The van der Waals surface area contributed by atoms with Gasteiger partial charge in [-0.3, -0.25) is 4.79 Å². The Morgan fingerprint density at radius 2 is 1.78 bits per heavy atom. The first-order valence-electron chi connectivity index (χ1n) is 7.33. The first kappa shape index (κ1) is 21.0. The number of carbonyl (C=O) groups excluding carboxylic acids is 1. The van der Waals surface area contributed by atoms with E-state index in [1.807, 2.05) is 0 Å². The molecule has 2 rings (SSSR count). The van der Waals surface area contributed by atoms with E-state index in [9.17, 15) is 14.7 Å². The van der Waals surface area contributed by atoms with E-state index in [0.29, 0.717) is 4.47 Å². The number of halogens is 3. The van der Waals surface area contributed by atoms with Crippen molar-refractivity contribution < 1.29 is 24.5 Å². The maximum Gasteiger partial charge on any atom is 0.341 e. The third-order valence-electron chi connectivity index (χ3n) is 3.28. The summed E-state index contributed by atoms with van der Waals surface area (Å²) in [6.45, 7) is -0.655. The van der Waals surface area contributed by atoms with Crippen LogP contribution in [0.2, 0.25) is 10.0 Å². The average Bonchev–Trinajstić information content (AvgIpc) is 2.59. The first-order chi connectivity index (χ1) is 12.7. The van der Waals surface area contributed by atoms with Gasteiger partial charge in [0.2, 0.25) is 5.78 Å². The second kappa shape index (κ2) is 9.03. The molecule has 0 amide bonds. The van der Waals surface area contributed by atoms with Crippen LogP contribution in [0.4, 0.5) is 0 Å². The van der Waals surface area contributed by atoms with Gasteiger partial charge in [-0.25, -0.2) is 4.79 Å². The molecule has 6 nitrogen and oxygen atoms in total. The summed E-state index contributed by atoms with van der Waals surface area (Å²) in [5, 5.41) is 27.3. The molecule has 0 unspecified atom stereocenters. The van der Waals surface area contributed by atoms with Crippen LogP contribution < -0.4 is 4.74 Å². The SMILES string of the molecule is N=C(/C=C(\O)C(=O)c1cc(Br)ccc1OCC(=O)O)c1c(Cl)cccc1Cl. The number of aliphatic hydroxyl groups is 1. The normalized spacial score (nSPS) is 11.1. The van der Waals surface area contributed by atoms with Crippen LogP contribution in [0.15, 0.2) is 52.7 Å². The maximum absolute atomic E-state index is 12.6. The number of ether oxygens (including phenoxy) is 1. The van der Waals surface area contributed by atoms with Crippen molar-refractivity contribution in [2.75, 3.05) is 6.61 Å². The number of nitrogens with one attached hydrogen (secondary N) is 1. The summed E-state index contributed by atoms with van der Waals surface area (Å²) < 4.78 is 5.60. The lowest BCUT2D eigenvalue weighted by Gasteiger charge is -2.10. The first-order valence-corrected chi connectivity index (χ1v) is 8.88. The van der Waals surface area contributed by atoms with Crippen LogP contribution in [0.1, 0.15) is 15.9 Å². The molecule has 0 heterocycles. The highest BCUT2D eigenvalue weighted by atomic mass is 79.9. The number of carboxylic acids is 1. The van der Waals surface area contributed by atoms with E-state index in [2.05, 4.69) is 15.9 Å². The molecule has 2 aromatic carbocycles. The number of carbonyl (C=O) groups is 2. The highest BCUT2D eigenvalue weighted by Gasteiger charge is 2.20. The van der Waals surface area contributed by atoms with Crippen molar-refractivity contribution >= 4 is 56.6 Å². The zero-order chi connectivity index (χ0) is 20.1. The van der Waals surface area contributed by atoms with Crippen LogP contribution in [0, 0.1) is 5.41 Å².